The van der Waals surface area contributed by atoms with E-state index in [-0.39, 0.29) is 23.8 Å². The molecule has 0 saturated carbocycles. The van der Waals surface area contributed by atoms with Gasteiger partial charge in [0.05, 0.1) is 0 Å². The molecule has 1 amide bonds. The average molecular weight is 321 g/mol. The predicted octanol–water partition coefficient (Wildman–Crippen LogP) is 1.07. The molecule has 0 aromatic carbocycles. The van der Waals surface area contributed by atoms with E-state index >= 15 is 0 Å². The molecule has 1 heterocycles. The Kier molecular flexibility index (Phi) is 6.60. The monoisotopic (exact) mass is 321 g/mol. The fourth-order valence-corrected chi connectivity index (χ4v) is 4.20. The molecule has 1 N–H and O–H groups in total. The van der Waals surface area contributed by atoms with Crippen LogP contribution >= 0.6 is 11.3 Å². The minimum atomic E-state index is -3.88. The number of rotatable bonds is 8. The molecule has 0 aliphatic heterocycles. The largest absolute Gasteiger partial charge is 0.396 e. The van der Waals surface area contributed by atoms with E-state index in [1.54, 1.807) is 18.4 Å². The molecule has 8 heteroatoms. The molecule has 114 valence electrons. The zero-order valence-corrected chi connectivity index (χ0v) is 13.1. The van der Waals surface area contributed by atoms with Crippen LogP contribution in [0, 0.1) is 0 Å². The van der Waals surface area contributed by atoms with Gasteiger partial charge in [0.25, 0.3) is 15.9 Å². The van der Waals surface area contributed by atoms with E-state index in [4.69, 9.17) is 9.84 Å². The second-order valence-electron chi connectivity index (χ2n) is 4.02. The van der Waals surface area contributed by atoms with Gasteiger partial charge in [-0.2, -0.15) is 0 Å². The normalized spacial score (nSPS) is 13.2. The molecule has 0 bridgehead atoms. The third kappa shape index (κ3) is 4.02. The summed E-state index contributed by atoms with van der Waals surface area (Å²) in [7, 11) is -3.88. The van der Waals surface area contributed by atoms with Crippen LogP contribution in [0.4, 0.5) is 0 Å². The van der Waals surface area contributed by atoms with Crippen molar-refractivity contribution < 1.29 is 23.1 Å². The molecule has 1 atom stereocenters. The number of hydrogen-bond acceptors (Lipinski definition) is 6. The van der Waals surface area contributed by atoms with Crippen LogP contribution < -0.4 is 0 Å². The molecule has 0 fully saturated rings. The maximum Gasteiger partial charge on any atom is 0.276 e. The highest BCUT2D eigenvalue weighted by Crippen LogP contribution is 2.22. The Morgan fingerprint density at radius 3 is 2.75 bits per heavy atom. The number of hydrogen-bond donors (Lipinski definition) is 1. The highest BCUT2D eigenvalue weighted by Gasteiger charge is 2.32. The average Bonchev–Trinajstić information content (AvgIpc) is 2.93. The number of carbonyl (C=O) groups excluding carboxylic acids is 1. The summed E-state index contributed by atoms with van der Waals surface area (Å²) < 4.78 is 30.9. The van der Waals surface area contributed by atoms with Crippen LogP contribution in [-0.2, 0) is 19.6 Å². The number of thiophene rings is 1. The summed E-state index contributed by atoms with van der Waals surface area (Å²) in [6.07, 6.45) is -0.650. The summed E-state index contributed by atoms with van der Waals surface area (Å²) in [5.74, 6) is -0.617. The predicted molar refractivity (Wildman–Crippen MR) is 76.0 cm³/mol. The number of nitrogens with zero attached hydrogens (tertiary/aromatic N) is 1. The van der Waals surface area contributed by atoms with Crippen molar-refractivity contribution in [1.29, 1.82) is 0 Å². The van der Waals surface area contributed by atoms with E-state index in [1.807, 2.05) is 0 Å². The SMILES string of the molecule is CCO[C@@H](C)C(=O)N(CCCO)S(=O)(=O)c1cccs1. The van der Waals surface area contributed by atoms with Crippen molar-refractivity contribution in [1.82, 2.24) is 4.31 Å². The number of amides is 1. The molecule has 0 unspecified atom stereocenters. The molecule has 0 spiro atoms. The van der Waals surface area contributed by atoms with Crippen molar-refractivity contribution in [3.63, 3.8) is 0 Å². The summed E-state index contributed by atoms with van der Waals surface area (Å²) in [6.45, 7) is 3.32. The van der Waals surface area contributed by atoms with Gasteiger partial charge in [-0.25, -0.2) is 12.7 Å². The molecule has 1 rings (SSSR count). The third-order valence-electron chi connectivity index (χ3n) is 2.57. The smallest absolute Gasteiger partial charge is 0.276 e. The first-order chi connectivity index (χ1) is 9.45. The fraction of sp³-hybridized carbons (Fsp3) is 0.583. The van der Waals surface area contributed by atoms with Gasteiger partial charge < -0.3 is 9.84 Å². The van der Waals surface area contributed by atoms with Crippen molar-refractivity contribution in [2.45, 2.75) is 30.6 Å². The summed E-state index contributed by atoms with van der Waals surface area (Å²) in [5, 5.41) is 10.5. The van der Waals surface area contributed by atoms with E-state index in [1.165, 1.54) is 13.0 Å². The lowest BCUT2D eigenvalue weighted by Crippen LogP contribution is -2.43. The minimum absolute atomic E-state index is 0.0625. The van der Waals surface area contributed by atoms with Gasteiger partial charge in [0, 0.05) is 19.8 Å². The first kappa shape index (κ1) is 17.1. The quantitative estimate of drug-likeness (QED) is 0.774. The van der Waals surface area contributed by atoms with Gasteiger partial charge in [-0.1, -0.05) is 6.07 Å². The molecular formula is C12H19NO5S2. The summed E-state index contributed by atoms with van der Waals surface area (Å²) in [5.41, 5.74) is 0. The molecule has 0 aliphatic carbocycles. The van der Waals surface area contributed by atoms with E-state index < -0.39 is 22.0 Å². The van der Waals surface area contributed by atoms with E-state index in [0.717, 1.165) is 15.6 Å². The van der Waals surface area contributed by atoms with Gasteiger partial charge in [-0.05, 0) is 31.7 Å². The molecule has 1 aromatic heterocycles. The van der Waals surface area contributed by atoms with Crippen molar-refractivity contribution in [3.05, 3.63) is 17.5 Å². The highest BCUT2D eigenvalue weighted by atomic mass is 32.2. The zero-order chi connectivity index (χ0) is 15.2. The van der Waals surface area contributed by atoms with Gasteiger partial charge in [-0.15, -0.1) is 11.3 Å². The summed E-state index contributed by atoms with van der Waals surface area (Å²) >= 11 is 1.05. The Morgan fingerprint density at radius 2 is 2.25 bits per heavy atom. The first-order valence-electron chi connectivity index (χ1n) is 6.27. The Morgan fingerprint density at radius 1 is 1.55 bits per heavy atom. The zero-order valence-electron chi connectivity index (χ0n) is 11.5. The van der Waals surface area contributed by atoms with Crippen molar-refractivity contribution in [2.75, 3.05) is 19.8 Å². The number of carbonyl (C=O) groups is 1. The number of aliphatic hydroxyl groups excluding tert-OH is 1. The van der Waals surface area contributed by atoms with Crippen LogP contribution in [0.3, 0.4) is 0 Å². The first-order valence-corrected chi connectivity index (χ1v) is 8.59. The van der Waals surface area contributed by atoms with E-state index in [0.29, 0.717) is 6.61 Å². The maximum atomic E-state index is 12.4. The topological polar surface area (TPSA) is 83.9 Å². The van der Waals surface area contributed by atoms with Crippen LogP contribution in [0.1, 0.15) is 20.3 Å². The Labute approximate surface area is 123 Å². The van der Waals surface area contributed by atoms with Crippen LogP contribution in [0.5, 0.6) is 0 Å². The molecule has 0 saturated heterocycles. The molecule has 0 radical (unpaired) electrons. The summed E-state index contributed by atoms with van der Waals surface area (Å²) in [6, 6.07) is 3.06. The van der Waals surface area contributed by atoms with E-state index in [2.05, 4.69) is 0 Å². The molecule has 1 aromatic rings. The van der Waals surface area contributed by atoms with Crippen LogP contribution in [0.15, 0.2) is 21.7 Å². The molecule has 0 aliphatic rings. The van der Waals surface area contributed by atoms with Gasteiger partial charge >= 0.3 is 0 Å². The van der Waals surface area contributed by atoms with Crippen LogP contribution in [-0.4, -0.2) is 49.6 Å². The number of sulfonamides is 1. The molecular weight excluding hydrogens is 302 g/mol. The Hall–Kier alpha value is -0.960. The number of aliphatic hydroxyl groups is 1. The van der Waals surface area contributed by atoms with Crippen molar-refractivity contribution in [2.24, 2.45) is 0 Å². The summed E-state index contributed by atoms with van der Waals surface area (Å²) in [4.78, 5) is 12.2. The second-order valence-corrected chi connectivity index (χ2v) is 7.06. The van der Waals surface area contributed by atoms with Crippen LogP contribution in [0.2, 0.25) is 0 Å². The van der Waals surface area contributed by atoms with Gasteiger partial charge in [0.15, 0.2) is 0 Å². The minimum Gasteiger partial charge on any atom is -0.396 e. The van der Waals surface area contributed by atoms with Gasteiger partial charge in [-0.3, -0.25) is 4.79 Å². The van der Waals surface area contributed by atoms with Crippen molar-refractivity contribution in [3.8, 4) is 0 Å². The lowest BCUT2D eigenvalue weighted by Gasteiger charge is -2.24. The molecule has 6 nitrogen and oxygen atoms in total. The lowest BCUT2D eigenvalue weighted by atomic mass is 10.3. The fourth-order valence-electron chi connectivity index (χ4n) is 1.61. The van der Waals surface area contributed by atoms with E-state index in [9.17, 15) is 13.2 Å². The lowest BCUT2D eigenvalue weighted by molar-refractivity contribution is -0.137. The van der Waals surface area contributed by atoms with Crippen molar-refractivity contribution >= 4 is 27.3 Å². The number of ether oxygens (including phenoxy) is 1. The van der Waals surface area contributed by atoms with Gasteiger partial charge in [0.1, 0.15) is 10.3 Å². The standard InChI is InChI=1S/C12H19NO5S2/c1-3-18-10(2)12(15)13(7-5-8-14)20(16,17)11-6-4-9-19-11/h4,6,9-10,14H,3,5,7-8H2,1-2H3/t10-/m0/s1. The van der Waals surface area contributed by atoms with Crippen LogP contribution in [0.25, 0.3) is 0 Å². The Balaban J connectivity index is 3.03. The maximum absolute atomic E-state index is 12.4. The third-order valence-corrected chi connectivity index (χ3v) is 5.74. The van der Waals surface area contributed by atoms with Gasteiger partial charge in [0.2, 0.25) is 0 Å². The highest BCUT2D eigenvalue weighted by molar-refractivity contribution is 7.91. The molecule has 20 heavy (non-hydrogen) atoms. The Bertz CT molecular complexity index is 512. The second kappa shape index (κ2) is 7.72.